The van der Waals surface area contributed by atoms with Gasteiger partial charge in [0, 0.05) is 23.5 Å². The van der Waals surface area contributed by atoms with Crippen LogP contribution < -0.4 is 10.1 Å². The van der Waals surface area contributed by atoms with E-state index in [0.29, 0.717) is 0 Å². The number of nitrogens with one attached hydrogen (secondary N) is 1. The largest absolute Gasteiger partial charge is 0.497 e. The zero-order chi connectivity index (χ0) is 21.1. The van der Waals surface area contributed by atoms with Crippen LogP contribution in [0.5, 0.6) is 5.75 Å². The Morgan fingerprint density at radius 2 is 1.79 bits per heavy atom. The van der Waals surface area contributed by atoms with Gasteiger partial charge in [-0.3, -0.25) is 0 Å². The number of aromatic nitrogens is 1. The summed E-state index contributed by atoms with van der Waals surface area (Å²) in [6.07, 6.45) is -0.589. The summed E-state index contributed by atoms with van der Waals surface area (Å²) in [7, 11) is 1.61. The van der Waals surface area contributed by atoms with Crippen molar-refractivity contribution in [2.24, 2.45) is 0 Å². The predicted molar refractivity (Wildman–Crippen MR) is 106 cm³/mol. The van der Waals surface area contributed by atoms with Crippen molar-refractivity contribution in [1.29, 1.82) is 0 Å². The van der Waals surface area contributed by atoms with E-state index in [0.717, 1.165) is 28.4 Å². The molecule has 0 saturated heterocycles. The molecule has 0 radical (unpaired) electrons. The molecule has 0 bridgehead atoms. The predicted octanol–water partition coefficient (Wildman–Crippen LogP) is 3.62. The van der Waals surface area contributed by atoms with Crippen LogP contribution in [0.15, 0.2) is 30.3 Å². The van der Waals surface area contributed by atoms with E-state index in [-0.39, 0.29) is 6.42 Å². The van der Waals surface area contributed by atoms with Crippen molar-refractivity contribution in [3.63, 3.8) is 0 Å². The average Bonchev–Trinajstić information content (AvgIpc) is 2.86. The molecule has 1 atom stereocenters. The van der Waals surface area contributed by atoms with Gasteiger partial charge in [0.15, 0.2) is 0 Å². The number of nitrogens with zero attached hydrogens (tertiary/aromatic N) is 1. The Hall–Kier alpha value is -2.96. The monoisotopic (exact) mass is 388 g/mol. The van der Waals surface area contributed by atoms with Crippen molar-refractivity contribution in [1.82, 2.24) is 9.88 Å². The number of ether oxygens (including phenoxy) is 2. The molecule has 7 heteroatoms. The minimum Gasteiger partial charge on any atom is -0.497 e. The molecule has 0 saturated carbocycles. The third-order valence-electron chi connectivity index (χ3n) is 4.28. The van der Waals surface area contributed by atoms with Crippen LogP contribution in [0.1, 0.15) is 37.7 Å². The SMILES string of the molecule is COc1ccc(-n2c(C)cc(CC(NC(=O)OC(C)(C)C)C(=O)O)c2C)cc1. The minimum absolute atomic E-state index is 0.157. The molecular formula is C21H28N2O5. The van der Waals surface area contributed by atoms with E-state index >= 15 is 0 Å². The van der Waals surface area contributed by atoms with E-state index < -0.39 is 23.7 Å². The lowest BCUT2D eigenvalue weighted by Gasteiger charge is -2.22. The third-order valence-corrected chi connectivity index (χ3v) is 4.28. The second-order valence-electron chi connectivity index (χ2n) is 7.67. The lowest BCUT2D eigenvalue weighted by molar-refractivity contribution is -0.139. The first-order valence-electron chi connectivity index (χ1n) is 9.06. The molecule has 2 rings (SSSR count). The van der Waals surface area contributed by atoms with E-state index in [1.54, 1.807) is 27.9 Å². The Bertz CT molecular complexity index is 847. The number of rotatable bonds is 6. The van der Waals surface area contributed by atoms with Gasteiger partial charge in [0.05, 0.1) is 7.11 Å². The fraction of sp³-hybridized carbons (Fsp3) is 0.429. The van der Waals surface area contributed by atoms with E-state index in [4.69, 9.17) is 9.47 Å². The first kappa shape index (κ1) is 21.3. The first-order chi connectivity index (χ1) is 13.0. The molecular weight excluding hydrogens is 360 g/mol. The molecule has 0 fully saturated rings. The number of hydrogen-bond acceptors (Lipinski definition) is 4. The maximum atomic E-state index is 12.0. The quantitative estimate of drug-likeness (QED) is 0.789. The average molecular weight is 388 g/mol. The van der Waals surface area contributed by atoms with Crippen molar-refractivity contribution in [3.8, 4) is 11.4 Å². The standard InChI is InChI=1S/C21H28N2O5/c1-13-11-15(12-18(19(24)25)22-20(26)28-21(3,4)5)14(2)23(13)16-7-9-17(27-6)10-8-16/h7-11,18H,12H2,1-6H3,(H,22,26)(H,24,25). The molecule has 1 aromatic carbocycles. The number of aliphatic carboxylic acids is 1. The maximum Gasteiger partial charge on any atom is 0.408 e. The molecule has 152 valence electrons. The van der Waals surface area contributed by atoms with Gasteiger partial charge in [-0.1, -0.05) is 0 Å². The topological polar surface area (TPSA) is 89.8 Å². The van der Waals surface area contributed by atoms with Crippen molar-refractivity contribution < 1.29 is 24.2 Å². The normalized spacial score (nSPS) is 12.4. The summed E-state index contributed by atoms with van der Waals surface area (Å²) in [5.41, 5.74) is 2.99. The van der Waals surface area contributed by atoms with Gasteiger partial charge in [-0.15, -0.1) is 0 Å². The number of carboxylic acids is 1. The molecule has 1 heterocycles. The van der Waals surface area contributed by atoms with Crippen molar-refractivity contribution >= 4 is 12.1 Å². The van der Waals surface area contributed by atoms with Crippen LogP contribution >= 0.6 is 0 Å². The summed E-state index contributed by atoms with van der Waals surface area (Å²) in [6.45, 7) is 9.07. The highest BCUT2D eigenvalue weighted by Crippen LogP contribution is 2.24. The summed E-state index contributed by atoms with van der Waals surface area (Å²) in [6, 6.07) is 8.48. The van der Waals surface area contributed by atoms with E-state index in [1.807, 2.05) is 48.7 Å². The molecule has 0 aliphatic rings. The summed E-state index contributed by atoms with van der Waals surface area (Å²) < 4.78 is 12.4. The highest BCUT2D eigenvalue weighted by atomic mass is 16.6. The Morgan fingerprint density at radius 1 is 1.18 bits per heavy atom. The fourth-order valence-corrected chi connectivity index (χ4v) is 3.03. The van der Waals surface area contributed by atoms with Gasteiger partial charge >= 0.3 is 12.1 Å². The van der Waals surface area contributed by atoms with Crippen molar-refractivity contribution in [3.05, 3.63) is 47.3 Å². The molecule has 0 aliphatic heterocycles. The van der Waals surface area contributed by atoms with Crippen LogP contribution in [0.25, 0.3) is 5.69 Å². The minimum atomic E-state index is -1.11. The number of carbonyl (C=O) groups is 2. The molecule has 2 N–H and O–H groups in total. The molecule has 1 amide bonds. The fourth-order valence-electron chi connectivity index (χ4n) is 3.03. The van der Waals surface area contributed by atoms with Gasteiger partial charge in [0.2, 0.25) is 0 Å². The molecule has 28 heavy (non-hydrogen) atoms. The highest BCUT2D eigenvalue weighted by molar-refractivity contribution is 5.80. The maximum absolute atomic E-state index is 12.0. The molecule has 0 spiro atoms. The number of benzene rings is 1. The second-order valence-corrected chi connectivity index (χ2v) is 7.67. The van der Waals surface area contributed by atoms with Crippen LogP contribution in [0, 0.1) is 13.8 Å². The van der Waals surface area contributed by atoms with Crippen LogP contribution in [-0.4, -0.2) is 40.5 Å². The van der Waals surface area contributed by atoms with E-state index in [9.17, 15) is 14.7 Å². The first-order valence-corrected chi connectivity index (χ1v) is 9.06. The van der Waals surface area contributed by atoms with Crippen LogP contribution in [0.3, 0.4) is 0 Å². The van der Waals surface area contributed by atoms with Crippen molar-refractivity contribution in [2.45, 2.75) is 52.7 Å². The molecule has 1 aromatic heterocycles. The van der Waals surface area contributed by atoms with Crippen LogP contribution in [0.4, 0.5) is 4.79 Å². The summed E-state index contributed by atoms with van der Waals surface area (Å²) in [4.78, 5) is 23.6. The molecule has 2 aromatic rings. The smallest absolute Gasteiger partial charge is 0.408 e. The molecule has 7 nitrogen and oxygen atoms in total. The van der Waals surface area contributed by atoms with Gasteiger partial charge in [-0.05, 0) is 70.5 Å². The van der Waals surface area contributed by atoms with Gasteiger partial charge in [0.1, 0.15) is 17.4 Å². The molecule has 0 aliphatic carbocycles. The highest BCUT2D eigenvalue weighted by Gasteiger charge is 2.26. The number of aryl methyl sites for hydroxylation is 1. The van der Waals surface area contributed by atoms with E-state index in [1.165, 1.54) is 0 Å². The lowest BCUT2D eigenvalue weighted by atomic mass is 10.1. The van der Waals surface area contributed by atoms with Crippen LogP contribution in [0.2, 0.25) is 0 Å². The van der Waals surface area contributed by atoms with Crippen molar-refractivity contribution in [2.75, 3.05) is 7.11 Å². The number of alkyl carbamates (subject to hydrolysis) is 1. The Kier molecular flexibility index (Phi) is 6.38. The van der Waals surface area contributed by atoms with Gasteiger partial charge < -0.3 is 24.5 Å². The molecule has 1 unspecified atom stereocenters. The Morgan fingerprint density at radius 3 is 2.29 bits per heavy atom. The summed E-state index contributed by atoms with van der Waals surface area (Å²) in [5, 5.41) is 12.0. The third kappa shape index (κ3) is 5.28. The summed E-state index contributed by atoms with van der Waals surface area (Å²) in [5.74, 6) is -0.348. The second kappa shape index (κ2) is 8.37. The number of carbonyl (C=O) groups excluding carboxylic acids is 1. The number of amides is 1. The Labute approximate surface area is 165 Å². The summed E-state index contributed by atoms with van der Waals surface area (Å²) >= 11 is 0. The van der Waals surface area contributed by atoms with E-state index in [2.05, 4.69) is 5.32 Å². The van der Waals surface area contributed by atoms with Gasteiger partial charge in [0.25, 0.3) is 0 Å². The number of carboxylic acid groups (broad SMARTS) is 1. The van der Waals surface area contributed by atoms with Gasteiger partial charge in [-0.25, -0.2) is 9.59 Å². The number of methoxy groups -OCH3 is 1. The zero-order valence-electron chi connectivity index (χ0n) is 17.2. The zero-order valence-corrected chi connectivity index (χ0v) is 17.2. The van der Waals surface area contributed by atoms with Crippen LogP contribution in [-0.2, 0) is 16.0 Å². The Balaban J connectivity index is 2.24. The lowest BCUT2D eigenvalue weighted by Crippen LogP contribution is -2.44. The van der Waals surface area contributed by atoms with Gasteiger partial charge in [-0.2, -0.15) is 0 Å². The number of hydrogen-bond donors (Lipinski definition) is 2.